The summed E-state index contributed by atoms with van der Waals surface area (Å²) in [5.41, 5.74) is 4.95. The maximum atomic E-state index is 11.3. The summed E-state index contributed by atoms with van der Waals surface area (Å²) in [6.45, 7) is 0.767. The molecule has 168 valence electrons. The Morgan fingerprint density at radius 1 is 1.03 bits per heavy atom. The predicted molar refractivity (Wildman–Crippen MR) is 132 cm³/mol. The third-order valence-corrected chi connectivity index (χ3v) is 5.42. The van der Waals surface area contributed by atoms with Crippen molar-refractivity contribution in [3.63, 3.8) is 0 Å². The van der Waals surface area contributed by atoms with Crippen LogP contribution in [-0.2, 0) is 17.8 Å². The van der Waals surface area contributed by atoms with Gasteiger partial charge in [-0.15, -0.1) is 0 Å². The number of halogens is 1. The van der Waals surface area contributed by atoms with Crippen molar-refractivity contribution in [1.82, 2.24) is 9.88 Å². The Balaban J connectivity index is 1.92. The minimum atomic E-state index is -0.911. The van der Waals surface area contributed by atoms with Crippen LogP contribution in [0.25, 0.3) is 10.9 Å². The number of carboxylic acid groups (broad SMARTS) is 1. The lowest BCUT2D eigenvalue weighted by Gasteiger charge is -2.12. The van der Waals surface area contributed by atoms with E-state index in [1.54, 1.807) is 30.3 Å². The van der Waals surface area contributed by atoms with Crippen LogP contribution in [0, 0.1) is 0 Å². The van der Waals surface area contributed by atoms with Gasteiger partial charge in [-0.2, -0.15) is 0 Å². The van der Waals surface area contributed by atoms with Gasteiger partial charge in [-0.3, -0.25) is 4.79 Å². The van der Waals surface area contributed by atoms with E-state index in [1.165, 1.54) is 0 Å². The average Bonchev–Trinajstić information content (AvgIpc) is 3.06. The fraction of sp³-hybridized carbons (Fsp3) is 0.154. The van der Waals surface area contributed by atoms with E-state index >= 15 is 0 Å². The second kappa shape index (κ2) is 9.48. The number of fused-ring (bicyclic) bond motifs is 1. The smallest absolute Gasteiger partial charge is 0.307 e. The number of nitrogens with one attached hydrogen (secondary N) is 1. The van der Waals surface area contributed by atoms with Crippen molar-refractivity contribution in [1.29, 1.82) is 0 Å². The third kappa shape index (κ3) is 5.25. The van der Waals surface area contributed by atoms with Gasteiger partial charge in [-0.25, -0.2) is 4.99 Å². The fourth-order valence-corrected chi connectivity index (χ4v) is 4.05. The Bertz CT molecular complexity index is 1360. The third-order valence-electron chi connectivity index (χ3n) is 5.18. The lowest BCUT2D eigenvalue weighted by molar-refractivity contribution is -0.136. The standard InChI is InChI=1S/C26H24ClN3O3/c1-30(2)15-17-6-4-8-20(12-17)28-25(18-7-3-5-16(11-18)13-23(31)32)24-21-10-9-19(27)14-22(21)29-26(24)33/h3-12,14,29,33H,13,15H2,1-2H3,(H,31,32). The molecule has 0 aliphatic carbocycles. The number of aromatic nitrogens is 1. The van der Waals surface area contributed by atoms with Crippen LogP contribution in [0.2, 0.25) is 5.02 Å². The van der Waals surface area contributed by atoms with Crippen molar-refractivity contribution in [3.8, 4) is 5.88 Å². The maximum absolute atomic E-state index is 11.3. The molecule has 0 radical (unpaired) electrons. The molecular formula is C26H24ClN3O3. The van der Waals surface area contributed by atoms with Crippen LogP contribution >= 0.6 is 11.6 Å². The molecule has 3 aromatic carbocycles. The molecule has 4 aromatic rings. The monoisotopic (exact) mass is 461 g/mol. The van der Waals surface area contributed by atoms with Gasteiger partial charge >= 0.3 is 5.97 Å². The van der Waals surface area contributed by atoms with Crippen LogP contribution in [0.5, 0.6) is 5.88 Å². The van der Waals surface area contributed by atoms with Crippen molar-refractivity contribution in [2.75, 3.05) is 14.1 Å². The Morgan fingerprint density at radius 3 is 2.55 bits per heavy atom. The zero-order valence-corrected chi connectivity index (χ0v) is 19.1. The van der Waals surface area contributed by atoms with Gasteiger partial charge in [0.15, 0.2) is 5.88 Å². The second-order valence-corrected chi connectivity index (χ2v) is 8.61. The SMILES string of the molecule is CN(C)Cc1cccc(N=C(c2cccc(CC(=O)O)c2)c2c(O)[nH]c3cc(Cl)ccc23)c1. The van der Waals surface area contributed by atoms with E-state index in [4.69, 9.17) is 16.6 Å². The zero-order valence-electron chi connectivity index (χ0n) is 18.3. The second-order valence-electron chi connectivity index (χ2n) is 8.18. The highest BCUT2D eigenvalue weighted by Crippen LogP contribution is 2.33. The molecule has 0 fully saturated rings. The Kier molecular flexibility index (Phi) is 6.49. The molecule has 0 amide bonds. The first-order chi connectivity index (χ1) is 15.8. The van der Waals surface area contributed by atoms with Crippen molar-refractivity contribution >= 4 is 39.9 Å². The molecule has 0 saturated carbocycles. The van der Waals surface area contributed by atoms with Crippen molar-refractivity contribution in [2.45, 2.75) is 13.0 Å². The number of carboxylic acids is 1. The first-order valence-corrected chi connectivity index (χ1v) is 10.8. The number of hydrogen-bond donors (Lipinski definition) is 3. The maximum Gasteiger partial charge on any atom is 0.307 e. The van der Waals surface area contributed by atoms with Gasteiger partial charge in [0.25, 0.3) is 0 Å². The van der Waals surface area contributed by atoms with Crippen molar-refractivity contribution < 1.29 is 15.0 Å². The Morgan fingerprint density at radius 2 is 1.79 bits per heavy atom. The van der Waals surface area contributed by atoms with Gasteiger partial charge in [0.2, 0.25) is 0 Å². The Hall–Kier alpha value is -3.61. The van der Waals surface area contributed by atoms with E-state index in [-0.39, 0.29) is 12.3 Å². The molecule has 0 spiro atoms. The number of aromatic hydroxyl groups is 1. The first-order valence-electron chi connectivity index (χ1n) is 10.4. The number of rotatable bonds is 7. The van der Waals surface area contributed by atoms with Gasteiger partial charge in [-0.1, -0.05) is 48.0 Å². The molecule has 0 unspecified atom stereocenters. The van der Waals surface area contributed by atoms with Gasteiger partial charge < -0.3 is 20.1 Å². The van der Waals surface area contributed by atoms with E-state index in [9.17, 15) is 15.0 Å². The molecule has 0 bridgehead atoms. The number of hydrogen-bond acceptors (Lipinski definition) is 4. The molecule has 6 nitrogen and oxygen atoms in total. The lowest BCUT2D eigenvalue weighted by atomic mass is 9.98. The number of carbonyl (C=O) groups is 1. The van der Waals surface area contributed by atoms with Crippen LogP contribution < -0.4 is 0 Å². The molecule has 3 N–H and O–H groups in total. The van der Waals surface area contributed by atoms with Gasteiger partial charge in [0.05, 0.1) is 28.9 Å². The number of aromatic amines is 1. The molecule has 4 rings (SSSR count). The van der Waals surface area contributed by atoms with Crippen LogP contribution in [-0.4, -0.2) is 45.9 Å². The number of aliphatic carboxylic acids is 1. The minimum Gasteiger partial charge on any atom is -0.494 e. The van der Waals surface area contributed by atoms with Crippen LogP contribution in [0.15, 0.2) is 71.7 Å². The summed E-state index contributed by atoms with van der Waals surface area (Å²) in [6.07, 6.45) is -0.102. The quantitative estimate of drug-likeness (QED) is 0.322. The van der Waals surface area contributed by atoms with Crippen molar-refractivity contribution in [3.05, 3.63) is 94.0 Å². The summed E-state index contributed by atoms with van der Waals surface area (Å²) in [4.78, 5) is 21.3. The normalized spacial score (nSPS) is 11.9. The van der Waals surface area contributed by atoms with Gasteiger partial charge in [0, 0.05) is 22.5 Å². The molecule has 0 aliphatic heterocycles. The highest BCUT2D eigenvalue weighted by atomic mass is 35.5. The summed E-state index contributed by atoms with van der Waals surface area (Å²) in [6, 6.07) is 20.5. The first kappa shape index (κ1) is 22.6. The van der Waals surface area contributed by atoms with Crippen LogP contribution in [0.3, 0.4) is 0 Å². The van der Waals surface area contributed by atoms with E-state index in [0.29, 0.717) is 32.9 Å². The van der Waals surface area contributed by atoms with Gasteiger partial charge in [0.1, 0.15) is 0 Å². The number of aliphatic imine (C=N–C) groups is 1. The zero-order chi connectivity index (χ0) is 23.5. The van der Waals surface area contributed by atoms with E-state index in [1.807, 2.05) is 50.5 Å². The minimum absolute atomic E-state index is 0.0286. The summed E-state index contributed by atoms with van der Waals surface area (Å²) < 4.78 is 0. The predicted octanol–water partition coefficient (Wildman–Crippen LogP) is 5.38. The fourth-order valence-electron chi connectivity index (χ4n) is 3.88. The number of H-pyrrole nitrogens is 1. The number of nitrogens with zero attached hydrogens (tertiary/aromatic N) is 2. The largest absolute Gasteiger partial charge is 0.494 e. The Labute approximate surface area is 196 Å². The average molecular weight is 462 g/mol. The summed E-state index contributed by atoms with van der Waals surface area (Å²) >= 11 is 6.14. The van der Waals surface area contributed by atoms with Gasteiger partial charge in [-0.05, 0) is 55.6 Å². The molecule has 0 atom stereocenters. The van der Waals surface area contributed by atoms with E-state index < -0.39 is 5.97 Å². The summed E-state index contributed by atoms with van der Waals surface area (Å²) in [7, 11) is 4.01. The summed E-state index contributed by atoms with van der Waals surface area (Å²) in [5.74, 6) is -0.939. The topological polar surface area (TPSA) is 88.9 Å². The van der Waals surface area contributed by atoms with Crippen LogP contribution in [0.1, 0.15) is 22.3 Å². The highest BCUT2D eigenvalue weighted by Gasteiger charge is 2.19. The molecule has 1 heterocycles. The van der Waals surface area contributed by atoms with E-state index in [2.05, 4.69) is 9.88 Å². The molecule has 7 heteroatoms. The molecule has 0 aliphatic rings. The van der Waals surface area contributed by atoms with Crippen LogP contribution in [0.4, 0.5) is 5.69 Å². The van der Waals surface area contributed by atoms with E-state index in [0.717, 1.165) is 23.2 Å². The summed E-state index contributed by atoms with van der Waals surface area (Å²) in [5, 5.41) is 21.4. The molecule has 0 saturated heterocycles. The molecular weight excluding hydrogens is 438 g/mol. The number of benzene rings is 3. The highest BCUT2D eigenvalue weighted by molar-refractivity contribution is 6.31. The molecule has 1 aromatic heterocycles. The van der Waals surface area contributed by atoms with Crippen molar-refractivity contribution in [2.24, 2.45) is 4.99 Å². The lowest BCUT2D eigenvalue weighted by Crippen LogP contribution is -2.10. The molecule has 33 heavy (non-hydrogen) atoms.